The van der Waals surface area contributed by atoms with E-state index in [9.17, 15) is 5.11 Å². The van der Waals surface area contributed by atoms with Crippen molar-refractivity contribution in [2.75, 3.05) is 13.2 Å². The molecular formula is C16H38O3Si2. The third-order valence-electron chi connectivity index (χ3n) is 5.04. The van der Waals surface area contributed by atoms with E-state index in [4.69, 9.17) is 10.2 Å². The van der Waals surface area contributed by atoms with E-state index in [1.807, 2.05) is 0 Å². The summed E-state index contributed by atoms with van der Waals surface area (Å²) >= 11 is 0. The second-order valence-electron chi connectivity index (χ2n) is 8.95. The second kappa shape index (κ2) is 7.26. The van der Waals surface area contributed by atoms with Crippen molar-refractivity contribution in [3.05, 3.63) is 0 Å². The first-order valence-corrected chi connectivity index (χ1v) is 13.7. The molecular weight excluding hydrogens is 296 g/mol. The molecule has 0 aliphatic rings. The van der Waals surface area contributed by atoms with Crippen LogP contribution in [-0.2, 0) is 8.85 Å². The van der Waals surface area contributed by atoms with Crippen LogP contribution in [0.25, 0.3) is 0 Å². The molecule has 0 bridgehead atoms. The van der Waals surface area contributed by atoms with Gasteiger partial charge in [0.15, 0.2) is 16.6 Å². The summed E-state index contributed by atoms with van der Waals surface area (Å²) < 4.78 is 20.1. The molecule has 0 fully saturated rings. The average Bonchev–Trinajstić information content (AvgIpc) is 2.30. The SMILES string of the molecule is [2H]C(CO[Si](C)(C)C(C)(C)C)C(O)CO[Si](C)(C)C(C)(C)C. The third kappa shape index (κ3) is 6.95. The van der Waals surface area contributed by atoms with Crippen molar-refractivity contribution in [2.45, 2.75) is 90.3 Å². The van der Waals surface area contributed by atoms with Gasteiger partial charge in [-0.3, -0.25) is 0 Å². The lowest BCUT2D eigenvalue weighted by Crippen LogP contribution is -2.43. The molecule has 0 saturated heterocycles. The molecule has 0 amide bonds. The first-order valence-electron chi connectivity index (χ1n) is 8.47. The van der Waals surface area contributed by atoms with Crippen molar-refractivity contribution < 1.29 is 15.3 Å². The Morgan fingerprint density at radius 2 is 1.29 bits per heavy atom. The fraction of sp³-hybridized carbons (Fsp3) is 1.00. The Morgan fingerprint density at radius 3 is 1.67 bits per heavy atom. The molecule has 2 atom stereocenters. The molecule has 2 unspecified atom stereocenters. The molecule has 1 N–H and O–H groups in total. The molecule has 0 aromatic rings. The summed E-state index contributed by atoms with van der Waals surface area (Å²) in [5, 5.41) is 10.4. The van der Waals surface area contributed by atoms with E-state index in [0.29, 0.717) is 0 Å². The molecule has 21 heavy (non-hydrogen) atoms. The summed E-state index contributed by atoms with van der Waals surface area (Å²) in [7, 11) is -3.74. The van der Waals surface area contributed by atoms with Crippen LogP contribution >= 0.6 is 0 Å². The summed E-state index contributed by atoms with van der Waals surface area (Å²) in [4.78, 5) is 0. The summed E-state index contributed by atoms with van der Waals surface area (Å²) in [5.41, 5.74) is 0. The minimum absolute atomic E-state index is 0.113. The van der Waals surface area contributed by atoms with Crippen LogP contribution in [0.1, 0.15) is 49.3 Å². The minimum atomic E-state index is -1.88. The van der Waals surface area contributed by atoms with Crippen LogP contribution in [0.3, 0.4) is 0 Å². The van der Waals surface area contributed by atoms with Gasteiger partial charge in [0.25, 0.3) is 0 Å². The van der Waals surface area contributed by atoms with Gasteiger partial charge in [-0.1, -0.05) is 41.5 Å². The number of hydrogen-bond acceptors (Lipinski definition) is 3. The zero-order valence-corrected chi connectivity index (χ0v) is 17.8. The first-order chi connectivity index (χ1) is 9.51. The highest BCUT2D eigenvalue weighted by molar-refractivity contribution is 6.74. The minimum Gasteiger partial charge on any atom is -0.417 e. The number of hydrogen-bond donors (Lipinski definition) is 1. The van der Waals surface area contributed by atoms with Crippen molar-refractivity contribution in [3.63, 3.8) is 0 Å². The Balaban J connectivity index is 4.44. The van der Waals surface area contributed by atoms with Gasteiger partial charge in [-0.15, -0.1) is 0 Å². The predicted molar refractivity (Wildman–Crippen MR) is 96.9 cm³/mol. The highest BCUT2D eigenvalue weighted by atomic mass is 28.4. The maximum absolute atomic E-state index is 10.2. The lowest BCUT2D eigenvalue weighted by atomic mass is 10.2. The van der Waals surface area contributed by atoms with Crippen molar-refractivity contribution in [3.8, 4) is 0 Å². The zero-order chi connectivity index (χ0) is 18.0. The Labute approximate surface area is 136 Å². The van der Waals surface area contributed by atoms with Gasteiger partial charge >= 0.3 is 0 Å². The fourth-order valence-electron chi connectivity index (χ4n) is 1.16. The monoisotopic (exact) mass is 335 g/mol. The lowest BCUT2D eigenvalue weighted by molar-refractivity contribution is 0.0777. The molecule has 128 valence electrons. The smallest absolute Gasteiger partial charge is 0.192 e. The topological polar surface area (TPSA) is 38.7 Å². The maximum Gasteiger partial charge on any atom is 0.192 e. The van der Waals surface area contributed by atoms with Crippen molar-refractivity contribution in [2.24, 2.45) is 0 Å². The highest BCUT2D eigenvalue weighted by Gasteiger charge is 2.38. The third-order valence-corrected chi connectivity index (χ3v) is 14.0. The van der Waals surface area contributed by atoms with E-state index in [0.717, 1.165) is 0 Å². The molecule has 3 nitrogen and oxygen atoms in total. The predicted octanol–water partition coefficient (Wildman–Crippen LogP) is 4.78. The molecule has 0 rings (SSSR count). The molecule has 0 spiro atoms. The molecule has 0 aromatic carbocycles. The summed E-state index contributed by atoms with van der Waals surface area (Å²) in [6.45, 7) is 22.2. The largest absolute Gasteiger partial charge is 0.417 e. The molecule has 5 heteroatoms. The van der Waals surface area contributed by atoms with E-state index in [1.165, 1.54) is 0 Å². The Morgan fingerprint density at radius 1 is 0.905 bits per heavy atom. The molecule has 0 aromatic heterocycles. The van der Waals surface area contributed by atoms with Crippen LogP contribution in [0, 0.1) is 0 Å². The molecule has 0 aliphatic heterocycles. The van der Waals surface area contributed by atoms with E-state index in [-0.39, 0.29) is 23.3 Å². The van der Waals surface area contributed by atoms with Crippen LogP contribution < -0.4 is 0 Å². The maximum atomic E-state index is 10.2. The summed E-state index contributed by atoms with van der Waals surface area (Å²) in [6, 6.07) is 0. The molecule has 0 heterocycles. The van der Waals surface area contributed by atoms with Gasteiger partial charge in [0, 0.05) is 7.98 Å². The Kier molecular flexibility index (Phi) is 6.69. The van der Waals surface area contributed by atoms with Gasteiger partial charge in [0.1, 0.15) is 0 Å². The number of aliphatic hydroxyl groups is 1. The summed E-state index contributed by atoms with van der Waals surface area (Å²) in [5.74, 6) is 0. The van der Waals surface area contributed by atoms with Crippen LogP contribution in [0.2, 0.25) is 36.3 Å². The van der Waals surface area contributed by atoms with Crippen LogP contribution in [-0.4, -0.2) is 41.1 Å². The summed E-state index contributed by atoms with van der Waals surface area (Å²) in [6.07, 6.45) is -1.45. The Hall–Kier alpha value is 0.314. The average molecular weight is 336 g/mol. The van der Waals surface area contributed by atoms with Gasteiger partial charge in [-0.25, -0.2) is 0 Å². The normalized spacial score (nSPS) is 18.3. The molecule has 0 radical (unpaired) electrons. The molecule has 0 aliphatic carbocycles. The van der Waals surface area contributed by atoms with Gasteiger partial charge < -0.3 is 14.0 Å². The van der Waals surface area contributed by atoms with Crippen LogP contribution in [0.4, 0.5) is 0 Å². The lowest BCUT2D eigenvalue weighted by Gasteiger charge is -2.37. The fourth-order valence-corrected chi connectivity index (χ4v) is 3.13. The Bertz CT molecular complexity index is 312. The number of aliphatic hydroxyl groups excluding tert-OH is 1. The standard InChI is InChI=1S/C16H38O3Si2/c1-15(2,3)20(7,8)18-12-11-14(17)13-19-21(9,10)16(4,5)6/h14,17H,11-13H2,1-10H3/i11D. The first kappa shape index (κ1) is 19.4. The van der Waals surface area contributed by atoms with Gasteiger partial charge in [-0.05, 0) is 42.7 Å². The van der Waals surface area contributed by atoms with Gasteiger partial charge in [-0.2, -0.15) is 0 Å². The van der Waals surface area contributed by atoms with E-state index < -0.39 is 29.1 Å². The van der Waals surface area contributed by atoms with Gasteiger partial charge in [0.05, 0.1) is 12.7 Å². The van der Waals surface area contributed by atoms with E-state index >= 15 is 0 Å². The quantitative estimate of drug-likeness (QED) is 0.680. The zero-order valence-electron chi connectivity index (χ0n) is 16.8. The van der Waals surface area contributed by atoms with Crippen molar-refractivity contribution >= 4 is 16.6 Å². The number of rotatable bonds is 7. The highest BCUT2D eigenvalue weighted by Crippen LogP contribution is 2.37. The van der Waals surface area contributed by atoms with Crippen LogP contribution in [0.5, 0.6) is 0 Å². The van der Waals surface area contributed by atoms with Gasteiger partial charge in [0.2, 0.25) is 0 Å². The van der Waals surface area contributed by atoms with Crippen molar-refractivity contribution in [1.82, 2.24) is 0 Å². The van der Waals surface area contributed by atoms with E-state index in [1.54, 1.807) is 0 Å². The van der Waals surface area contributed by atoms with Crippen LogP contribution in [0.15, 0.2) is 0 Å². The molecule has 0 saturated carbocycles. The second-order valence-corrected chi connectivity index (χ2v) is 18.6. The van der Waals surface area contributed by atoms with E-state index in [2.05, 4.69) is 67.7 Å². The van der Waals surface area contributed by atoms with Crippen molar-refractivity contribution in [1.29, 1.82) is 0 Å².